The first-order valence-electron chi connectivity index (χ1n) is 7.31. The molecule has 0 aromatic carbocycles. The van der Waals surface area contributed by atoms with Gasteiger partial charge in [-0.1, -0.05) is 11.6 Å². The number of rotatable bonds is 0. The summed E-state index contributed by atoms with van der Waals surface area (Å²) in [5.41, 5.74) is 1.09. The van der Waals surface area contributed by atoms with E-state index in [1.54, 1.807) is 0 Å². The van der Waals surface area contributed by atoms with Gasteiger partial charge >= 0.3 is 0 Å². The summed E-state index contributed by atoms with van der Waals surface area (Å²) in [4.78, 5) is 14.2. The van der Waals surface area contributed by atoms with Gasteiger partial charge in [0.25, 0.3) is 0 Å². The smallest absolute Gasteiger partial charge is 0.225 e. The number of ether oxygens (including phenoxy) is 2. The summed E-state index contributed by atoms with van der Waals surface area (Å²) < 4.78 is 11.6. The first-order valence-corrected chi connectivity index (χ1v) is 8.06. The molecular formula is C14H16Cl2N4O2. The van der Waals surface area contributed by atoms with Crippen molar-refractivity contribution >= 4 is 34.4 Å². The van der Waals surface area contributed by atoms with Crippen molar-refractivity contribution in [3.8, 4) is 0 Å². The van der Waals surface area contributed by atoms with E-state index in [2.05, 4.69) is 19.9 Å². The topological polar surface area (TPSA) is 72.9 Å². The van der Waals surface area contributed by atoms with Crippen molar-refractivity contribution in [2.24, 2.45) is 11.8 Å². The van der Waals surface area contributed by atoms with Gasteiger partial charge in [-0.05, 0) is 50.1 Å². The normalized spacial score (nSPS) is 34.0. The molecule has 8 heteroatoms. The van der Waals surface area contributed by atoms with Crippen LogP contribution in [0.5, 0.6) is 0 Å². The lowest BCUT2D eigenvalue weighted by molar-refractivity contribution is -0.152. The Hall–Kier alpha value is -0.950. The summed E-state index contributed by atoms with van der Waals surface area (Å²) in [6.45, 7) is 4.03. The summed E-state index contributed by atoms with van der Waals surface area (Å²) >= 11 is 11.2. The lowest BCUT2D eigenvalue weighted by atomic mass is 10.2. The quantitative estimate of drug-likeness (QED) is 0.587. The second-order valence-electron chi connectivity index (χ2n) is 6.42. The lowest BCUT2D eigenvalue weighted by Gasteiger charge is -2.17. The van der Waals surface area contributed by atoms with E-state index in [-0.39, 0.29) is 16.2 Å². The van der Waals surface area contributed by atoms with Crippen molar-refractivity contribution in [3.63, 3.8) is 0 Å². The van der Waals surface area contributed by atoms with Gasteiger partial charge in [0, 0.05) is 0 Å². The first-order chi connectivity index (χ1) is 10.4. The largest absolute Gasteiger partial charge is 0.345 e. The van der Waals surface area contributed by atoms with Crippen LogP contribution in [0, 0.1) is 11.8 Å². The number of imidazole rings is 1. The van der Waals surface area contributed by atoms with Crippen LogP contribution in [0.15, 0.2) is 6.33 Å². The van der Waals surface area contributed by atoms with E-state index in [0.29, 0.717) is 23.4 Å². The van der Waals surface area contributed by atoms with E-state index >= 15 is 0 Å². The zero-order valence-electron chi connectivity index (χ0n) is 12.2. The molecule has 2 aromatic heterocycles. The molecule has 0 amide bonds. The maximum Gasteiger partial charge on any atom is 0.225 e. The number of nitrogens with one attached hydrogen (secondary N) is 1. The van der Waals surface area contributed by atoms with Gasteiger partial charge < -0.3 is 14.5 Å². The number of hydrogen-bond acceptors (Lipinski definition) is 5. The fraction of sp³-hybridized carbons (Fsp3) is 0.643. The number of aromatic amines is 1. The Morgan fingerprint density at radius 2 is 2.05 bits per heavy atom. The highest BCUT2D eigenvalue weighted by atomic mass is 35.5. The Kier molecular flexibility index (Phi) is 3.34. The van der Waals surface area contributed by atoms with Gasteiger partial charge in [-0.25, -0.2) is 9.97 Å². The van der Waals surface area contributed by atoms with Gasteiger partial charge in [0.2, 0.25) is 5.28 Å². The summed E-state index contributed by atoms with van der Waals surface area (Å²) in [6.07, 6.45) is 4.99. The van der Waals surface area contributed by atoms with Crippen molar-refractivity contribution < 1.29 is 9.47 Å². The summed E-state index contributed by atoms with van der Waals surface area (Å²) in [6, 6.07) is 0. The van der Waals surface area contributed by atoms with Crippen LogP contribution in [-0.4, -0.2) is 37.9 Å². The Labute approximate surface area is 137 Å². The van der Waals surface area contributed by atoms with Gasteiger partial charge in [-0.3, -0.25) is 0 Å². The maximum atomic E-state index is 5.80. The van der Waals surface area contributed by atoms with E-state index < -0.39 is 0 Å². The molecule has 6 nitrogen and oxygen atoms in total. The average molecular weight is 343 g/mol. The van der Waals surface area contributed by atoms with Crippen LogP contribution in [0.1, 0.15) is 26.7 Å². The molecule has 0 radical (unpaired) electrons. The highest BCUT2D eigenvalue weighted by molar-refractivity contribution is 6.35. The number of aromatic nitrogens is 4. The molecule has 5 rings (SSSR count). The molecule has 3 heterocycles. The molecule has 4 atom stereocenters. The first kappa shape index (κ1) is 14.6. The summed E-state index contributed by atoms with van der Waals surface area (Å²) in [7, 11) is 0. The number of nitrogens with zero attached hydrogens (tertiary/aromatic N) is 3. The van der Waals surface area contributed by atoms with Crippen molar-refractivity contribution in [1.29, 1.82) is 0 Å². The fourth-order valence-corrected chi connectivity index (χ4v) is 3.85. The predicted molar refractivity (Wildman–Crippen MR) is 81.7 cm³/mol. The minimum Gasteiger partial charge on any atom is -0.345 e. The van der Waals surface area contributed by atoms with Gasteiger partial charge in [0.15, 0.2) is 16.6 Å². The van der Waals surface area contributed by atoms with Crippen molar-refractivity contribution in [2.75, 3.05) is 0 Å². The van der Waals surface area contributed by atoms with E-state index in [4.69, 9.17) is 32.7 Å². The van der Waals surface area contributed by atoms with Gasteiger partial charge in [0.1, 0.15) is 5.52 Å². The number of halogens is 2. The van der Waals surface area contributed by atoms with Gasteiger partial charge in [0.05, 0.1) is 18.5 Å². The van der Waals surface area contributed by atoms with Gasteiger partial charge in [-0.15, -0.1) is 0 Å². The number of fused-ring (bicyclic) bond motifs is 4. The van der Waals surface area contributed by atoms with Crippen LogP contribution in [0.4, 0.5) is 0 Å². The van der Waals surface area contributed by atoms with Crippen LogP contribution in [0.25, 0.3) is 11.2 Å². The Morgan fingerprint density at radius 3 is 2.82 bits per heavy atom. The molecule has 22 heavy (non-hydrogen) atoms. The van der Waals surface area contributed by atoms with Crippen molar-refractivity contribution in [3.05, 3.63) is 16.8 Å². The standard InChI is InChI=1S/C9H14O2.C5H2Cl2N4/c1-9(2)10-7-4-5-3-6(5)8(7)11-9;6-3-2-4(9-1-8-2)11-5(7)10-3/h5-8H,3-4H2,1-2H3;1H,(H,8,9,10,11). The maximum absolute atomic E-state index is 5.80. The van der Waals surface area contributed by atoms with E-state index in [0.717, 1.165) is 11.8 Å². The second-order valence-corrected chi connectivity index (χ2v) is 7.11. The molecule has 2 aliphatic carbocycles. The van der Waals surface area contributed by atoms with Crippen molar-refractivity contribution in [1.82, 2.24) is 19.9 Å². The van der Waals surface area contributed by atoms with Crippen LogP contribution in [0.3, 0.4) is 0 Å². The van der Waals surface area contributed by atoms with Crippen LogP contribution in [-0.2, 0) is 9.47 Å². The van der Waals surface area contributed by atoms with Crippen LogP contribution >= 0.6 is 23.2 Å². The molecule has 0 bridgehead atoms. The van der Waals surface area contributed by atoms with Crippen molar-refractivity contribution in [2.45, 2.75) is 44.7 Å². The minimum absolute atomic E-state index is 0.106. The Bertz CT molecular complexity index is 720. The third-order valence-electron chi connectivity index (χ3n) is 4.37. The number of hydrogen-bond donors (Lipinski definition) is 1. The van der Waals surface area contributed by atoms with Crippen LogP contribution in [0.2, 0.25) is 10.4 Å². The molecule has 3 fully saturated rings. The zero-order valence-corrected chi connectivity index (χ0v) is 13.7. The summed E-state index contributed by atoms with van der Waals surface area (Å²) in [5, 5.41) is 0.395. The summed E-state index contributed by atoms with van der Waals surface area (Å²) in [5.74, 6) is 1.49. The molecule has 2 aromatic rings. The Morgan fingerprint density at radius 1 is 1.23 bits per heavy atom. The van der Waals surface area contributed by atoms with E-state index in [1.165, 1.54) is 19.2 Å². The molecule has 0 spiro atoms. The highest BCUT2D eigenvalue weighted by Crippen LogP contribution is 2.57. The molecule has 3 aliphatic rings. The Balaban J connectivity index is 0.000000114. The zero-order chi connectivity index (χ0) is 15.5. The molecular weight excluding hydrogens is 327 g/mol. The number of H-pyrrole nitrogens is 1. The van der Waals surface area contributed by atoms with Gasteiger partial charge in [-0.2, -0.15) is 4.98 Å². The lowest BCUT2D eigenvalue weighted by Crippen LogP contribution is -2.22. The minimum atomic E-state index is -0.303. The third kappa shape index (κ3) is 2.58. The third-order valence-corrected chi connectivity index (χ3v) is 4.81. The molecule has 1 N–H and O–H groups in total. The molecule has 2 saturated carbocycles. The molecule has 1 aliphatic heterocycles. The second kappa shape index (κ2) is 5.03. The van der Waals surface area contributed by atoms with E-state index in [1.807, 2.05) is 13.8 Å². The van der Waals surface area contributed by atoms with E-state index in [9.17, 15) is 0 Å². The molecule has 4 unspecified atom stereocenters. The average Bonchev–Trinajstić information content (AvgIpc) is 2.76. The SMILES string of the molecule is CC1(C)OC2CC3CC3C2O1.Clc1nc(Cl)c2[nH]cnc2n1. The highest BCUT2D eigenvalue weighted by Gasteiger charge is 2.60. The monoisotopic (exact) mass is 342 g/mol. The molecule has 118 valence electrons. The predicted octanol–water partition coefficient (Wildman–Crippen LogP) is 3.21. The molecule has 1 saturated heterocycles. The van der Waals surface area contributed by atoms with Crippen LogP contribution < -0.4 is 0 Å². The fourth-order valence-electron chi connectivity index (χ4n) is 3.42.